The molecular weight excluding hydrogens is 645 g/mol. The summed E-state index contributed by atoms with van der Waals surface area (Å²) in [6.07, 6.45) is -1.62. The van der Waals surface area contributed by atoms with Gasteiger partial charge in [-0.3, -0.25) is 14.6 Å². The van der Waals surface area contributed by atoms with Crippen molar-refractivity contribution in [3.63, 3.8) is 0 Å². The Morgan fingerprint density at radius 3 is 2.04 bits per heavy atom. The van der Waals surface area contributed by atoms with Crippen LogP contribution in [0.1, 0.15) is 51.9 Å². The minimum Gasteiger partial charge on any atom is -0.392 e. The molecule has 6 rings (SSSR count). The Kier molecular flexibility index (Phi) is 10.7. The monoisotopic (exact) mass is 681 g/mol. The molecule has 12 heteroatoms. The van der Waals surface area contributed by atoms with Crippen molar-refractivity contribution in [3.05, 3.63) is 136 Å². The zero-order chi connectivity index (χ0) is 34.7. The van der Waals surface area contributed by atoms with E-state index in [1.807, 2.05) is 42.5 Å². The summed E-state index contributed by atoms with van der Waals surface area (Å²) in [6.45, 7) is 6.94. The molecule has 0 aromatic heterocycles. The molecule has 0 saturated carbocycles. The summed E-state index contributed by atoms with van der Waals surface area (Å²) in [7, 11) is 0. The van der Waals surface area contributed by atoms with Gasteiger partial charge in [-0.2, -0.15) is 0 Å². The first-order valence-electron chi connectivity index (χ1n) is 16.0. The number of hydrogen-bond donors (Lipinski definition) is 2. The highest BCUT2D eigenvalue weighted by molar-refractivity contribution is 6.04. The normalized spacial score (nSPS) is 21.9. The van der Waals surface area contributed by atoms with Gasteiger partial charge in [-0.15, -0.1) is 0 Å². The van der Waals surface area contributed by atoms with Crippen molar-refractivity contribution < 1.29 is 41.3 Å². The predicted molar refractivity (Wildman–Crippen MR) is 172 cm³/mol. The van der Waals surface area contributed by atoms with Gasteiger partial charge in [0.05, 0.1) is 18.8 Å². The molecule has 2 N–H and O–H groups in total. The summed E-state index contributed by atoms with van der Waals surface area (Å²) in [4.78, 5) is 17.5. The van der Waals surface area contributed by atoms with Crippen molar-refractivity contribution in [2.45, 2.75) is 38.6 Å². The van der Waals surface area contributed by atoms with Crippen LogP contribution in [0.15, 0.2) is 78.9 Å². The Balaban J connectivity index is 1.20. The highest BCUT2D eigenvalue weighted by Crippen LogP contribution is 2.42. The van der Waals surface area contributed by atoms with Crippen LogP contribution in [0.25, 0.3) is 0 Å². The van der Waals surface area contributed by atoms with E-state index in [4.69, 9.17) is 9.47 Å². The molecule has 0 radical (unpaired) electrons. The molecule has 4 unspecified atom stereocenters. The average Bonchev–Trinajstić information content (AvgIpc) is 3.12. The molecule has 2 saturated heterocycles. The number of aliphatic hydroxyl groups is 1. The maximum absolute atomic E-state index is 14.3. The second kappa shape index (κ2) is 15.1. The van der Waals surface area contributed by atoms with E-state index < -0.39 is 53.0 Å². The summed E-state index contributed by atoms with van der Waals surface area (Å²) in [5, 5.41) is 11.8. The van der Waals surface area contributed by atoms with Crippen molar-refractivity contribution in [3.8, 4) is 0 Å². The lowest BCUT2D eigenvalue weighted by molar-refractivity contribution is -0.276. The molecule has 1 amide bonds. The molecular formula is C37H36F5N3O4. The molecule has 7 nitrogen and oxygen atoms in total. The molecule has 2 heterocycles. The quantitative estimate of drug-likeness (QED) is 0.116. The number of carbonyl (C=O) groups is 1. The number of rotatable bonds is 9. The Hall–Kier alpha value is -4.20. The van der Waals surface area contributed by atoms with Crippen molar-refractivity contribution in [2.24, 2.45) is 5.92 Å². The van der Waals surface area contributed by atoms with Crippen LogP contribution >= 0.6 is 0 Å². The number of anilines is 1. The number of aliphatic hydroxyl groups excluding tert-OH is 1. The van der Waals surface area contributed by atoms with E-state index in [1.54, 1.807) is 12.1 Å². The number of ether oxygens (including phenoxy) is 2. The molecule has 0 spiro atoms. The van der Waals surface area contributed by atoms with Crippen LogP contribution in [0, 0.1) is 35.0 Å². The third kappa shape index (κ3) is 7.68. The third-order valence-electron chi connectivity index (χ3n) is 9.13. The minimum absolute atomic E-state index is 0.0344. The van der Waals surface area contributed by atoms with Gasteiger partial charge in [-0.25, -0.2) is 22.0 Å². The molecule has 2 aliphatic rings. The number of benzene rings is 4. The fourth-order valence-corrected chi connectivity index (χ4v) is 6.32. The predicted octanol–water partition coefficient (Wildman–Crippen LogP) is 6.74. The summed E-state index contributed by atoms with van der Waals surface area (Å²) < 4.78 is 82.8. The molecule has 0 bridgehead atoms. The first kappa shape index (κ1) is 34.7. The van der Waals surface area contributed by atoms with Gasteiger partial charge < -0.3 is 19.9 Å². The third-order valence-corrected chi connectivity index (χ3v) is 9.13. The van der Waals surface area contributed by atoms with Gasteiger partial charge in [0, 0.05) is 56.4 Å². The number of amides is 1. The van der Waals surface area contributed by atoms with E-state index in [0.29, 0.717) is 12.1 Å². The second-order valence-corrected chi connectivity index (χ2v) is 12.4. The number of nitrogens with one attached hydrogen (secondary N) is 1. The number of nitrogens with zero attached hydrogens (tertiary/aromatic N) is 2. The Bertz CT molecular complexity index is 1740. The van der Waals surface area contributed by atoms with E-state index in [2.05, 4.69) is 34.2 Å². The van der Waals surface area contributed by atoms with Gasteiger partial charge in [0.1, 0.15) is 5.56 Å². The lowest BCUT2D eigenvalue weighted by Gasteiger charge is -2.44. The first-order chi connectivity index (χ1) is 23.6. The molecule has 2 aliphatic heterocycles. The number of piperazine rings is 1. The van der Waals surface area contributed by atoms with Crippen molar-refractivity contribution in [1.29, 1.82) is 0 Å². The molecule has 4 aromatic carbocycles. The first-order valence-corrected chi connectivity index (χ1v) is 16.0. The van der Waals surface area contributed by atoms with Crippen molar-refractivity contribution >= 4 is 11.6 Å². The maximum atomic E-state index is 14.3. The molecule has 258 valence electrons. The van der Waals surface area contributed by atoms with Crippen LogP contribution < -0.4 is 5.32 Å². The van der Waals surface area contributed by atoms with E-state index in [-0.39, 0.29) is 24.3 Å². The highest BCUT2D eigenvalue weighted by atomic mass is 19.2. The maximum Gasteiger partial charge on any atom is 0.261 e. The zero-order valence-corrected chi connectivity index (χ0v) is 26.7. The Morgan fingerprint density at radius 2 is 1.39 bits per heavy atom. The molecule has 0 aliphatic carbocycles. The van der Waals surface area contributed by atoms with Crippen molar-refractivity contribution in [2.75, 3.05) is 38.0 Å². The lowest BCUT2D eigenvalue weighted by Crippen LogP contribution is -2.51. The highest BCUT2D eigenvalue weighted by Gasteiger charge is 2.39. The standard InChI is InChI=1S/C37H36F5N3O4/c1-22-28(20-45-16-14-44(15-17-45)19-23-6-3-2-4-7-23)48-37(49-35(22)25-12-10-24(21-46)11-13-25)26-8-5-9-27(18-26)43-36(47)29-30(38)32(40)34(42)33(41)31(29)39/h2-13,18,22,28,35,37,46H,14-17,19-21H2,1H3,(H,43,47). The van der Waals surface area contributed by atoms with E-state index >= 15 is 0 Å². The fourth-order valence-electron chi connectivity index (χ4n) is 6.32. The molecule has 2 fully saturated rings. The molecule has 49 heavy (non-hydrogen) atoms. The Labute approximate surface area is 280 Å². The minimum atomic E-state index is -2.35. The van der Waals surface area contributed by atoms with E-state index in [9.17, 15) is 31.9 Å². The van der Waals surface area contributed by atoms with Crippen LogP contribution in [0.2, 0.25) is 0 Å². The fraction of sp³-hybridized carbons (Fsp3) is 0.324. The van der Waals surface area contributed by atoms with Crippen molar-refractivity contribution in [1.82, 2.24) is 9.80 Å². The average molecular weight is 682 g/mol. The van der Waals surface area contributed by atoms with Gasteiger partial charge in [-0.05, 0) is 28.8 Å². The summed E-state index contributed by atoms with van der Waals surface area (Å²) in [5.41, 5.74) is 1.81. The summed E-state index contributed by atoms with van der Waals surface area (Å²) in [6, 6.07) is 23.9. The van der Waals surface area contributed by atoms with E-state index in [0.717, 1.165) is 43.9 Å². The van der Waals surface area contributed by atoms with Gasteiger partial charge >= 0.3 is 0 Å². The smallest absolute Gasteiger partial charge is 0.261 e. The van der Waals surface area contributed by atoms with Gasteiger partial charge in [-0.1, -0.05) is 73.7 Å². The van der Waals surface area contributed by atoms with Crippen LogP contribution in [0.4, 0.5) is 27.6 Å². The number of hydrogen-bond acceptors (Lipinski definition) is 6. The number of carbonyl (C=O) groups excluding carboxylic acids is 1. The summed E-state index contributed by atoms with van der Waals surface area (Å²) in [5.74, 6) is -12.8. The molecule has 4 atom stereocenters. The van der Waals surface area contributed by atoms with Crippen LogP contribution in [-0.4, -0.2) is 59.6 Å². The van der Waals surface area contributed by atoms with Gasteiger partial charge in [0.2, 0.25) is 5.82 Å². The van der Waals surface area contributed by atoms with Crippen LogP contribution in [0.5, 0.6) is 0 Å². The van der Waals surface area contributed by atoms with Gasteiger partial charge in [0.25, 0.3) is 5.91 Å². The second-order valence-electron chi connectivity index (χ2n) is 12.4. The number of halogens is 5. The van der Waals surface area contributed by atoms with E-state index in [1.165, 1.54) is 17.7 Å². The van der Waals surface area contributed by atoms with Crippen LogP contribution in [-0.2, 0) is 22.6 Å². The molecule has 4 aromatic rings. The largest absolute Gasteiger partial charge is 0.392 e. The Morgan fingerprint density at radius 1 is 0.755 bits per heavy atom. The topological polar surface area (TPSA) is 74.3 Å². The van der Waals surface area contributed by atoms with Crippen LogP contribution in [0.3, 0.4) is 0 Å². The zero-order valence-electron chi connectivity index (χ0n) is 26.7. The van der Waals surface area contributed by atoms with Gasteiger partial charge in [0.15, 0.2) is 29.6 Å². The SMILES string of the molecule is CC1C(CN2CCN(Cc3ccccc3)CC2)OC(c2cccc(NC(=O)c3c(F)c(F)c(F)c(F)c3F)c2)OC1c1ccc(CO)cc1. The summed E-state index contributed by atoms with van der Waals surface area (Å²) >= 11 is 0. The lowest BCUT2D eigenvalue weighted by atomic mass is 9.90.